The summed E-state index contributed by atoms with van der Waals surface area (Å²) < 4.78 is 0. The van der Waals surface area contributed by atoms with Crippen molar-refractivity contribution in [2.24, 2.45) is 0 Å². The second-order valence-corrected chi connectivity index (χ2v) is 3.39. The van der Waals surface area contributed by atoms with Gasteiger partial charge in [0.1, 0.15) is 0 Å². The maximum absolute atomic E-state index is 4.19. The molecule has 0 aliphatic rings. The Labute approximate surface area is 96.5 Å². The second kappa shape index (κ2) is 5.78. The first-order valence-electron chi connectivity index (χ1n) is 3.43. The molecule has 0 atom stereocenters. The molecule has 1 nitrogen and oxygen atoms in total. The third kappa shape index (κ3) is 4.29. The van der Waals surface area contributed by atoms with Gasteiger partial charge in [-0.2, -0.15) is 6.07 Å². The Morgan fingerprint density at radius 3 is 2.17 bits per heavy atom. The number of rotatable bonds is 0. The summed E-state index contributed by atoms with van der Waals surface area (Å²) in [4.78, 5) is 4.19. The van der Waals surface area contributed by atoms with Crippen molar-refractivity contribution in [3.05, 3.63) is 30.1 Å². The third-order valence-electron chi connectivity index (χ3n) is 1.38. The monoisotopic (exact) mass is 193 g/mol. The van der Waals surface area contributed by atoms with Crippen LogP contribution in [-0.2, 0) is 5.41 Å². The largest absolute Gasteiger partial charge is 2.00 e. The molecule has 0 fully saturated rings. The van der Waals surface area contributed by atoms with Gasteiger partial charge in [-0.15, -0.1) is 0 Å². The molecular weight excluding hydrogens is 182 g/mol. The Hall–Kier alpha value is 0.206. The van der Waals surface area contributed by atoms with E-state index in [0.717, 1.165) is 5.69 Å². The fourth-order valence-corrected chi connectivity index (χ4v) is 0.764. The van der Waals surface area contributed by atoms with Gasteiger partial charge in [-0.25, -0.2) is 12.1 Å². The van der Waals surface area contributed by atoms with E-state index in [1.807, 2.05) is 12.1 Å². The van der Waals surface area contributed by atoms with Crippen molar-refractivity contribution in [3.63, 3.8) is 0 Å². The molecule has 0 aliphatic heterocycles. The van der Waals surface area contributed by atoms with Gasteiger partial charge in [-0.1, -0.05) is 27.0 Å². The van der Waals surface area contributed by atoms with Gasteiger partial charge in [0.2, 0.25) is 0 Å². The Morgan fingerprint density at radius 2 is 1.92 bits per heavy atom. The summed E-state index contributed by atoms with van der Waals surface area (Å²) in [7, 11) is 0. The van der Waals surface area contributed by atoms with E-state index in [4.69, 9.17) is 0 Å². The molecular formula is C9H12ClMgN. The average molecular weight is 194 g/mol. The van der Waals surface area contributed by atoms with Crippen LogP contribution < -0.4 is 12.4 Å². The number of hydrogen-bond donors (Lipinski definition) is 0. The van der Waals surface area contributed by atoms with Crippen molar-refractivity contribution in [1.82, 2.24) is 4.98 Å². The minimum absolute atomic E-state index is 0. The third-order valence-corrected chi connectivity index (χ3v) is 1.38. The number of hydrogen-bond acceptors (Lipinski definition) is 1. The molecule has 0 unspecified atom stereocenters. The molecule has 1 aromatic rings. The molecule has 0 amide bonds. The summed E-state index contributed by atoms with van der Waals surface area (Å²) in [6.45, 7) is 6.44. The first kappa shape index (κ1) is 14.7. The fourth-order valence-electron chi connectivity index (χ4n) is 0.764. The first-order chi connectivity index (χ1) is 4.61. The van der Waals surface area contributed by atoms with E-state index < -0.39 is 0 Å². The Balaban J connectivity index is 0. The van der Waals surface area contributed by atoms with Gasteiger partial charge in [0.15, 0.2) is 0 Å². The Kier molecular flexibility index (Phi) is 7.09. The van der Waals surface area contributed by atoms with Crippen LogP contribution in [0.2, 0.25) is 0 Å². The van der Waals surface area contributed by atoms with Crippen molar-refractivity contribution < 1.29 is 12.4 Å². The summed E-state index contributed by atoms with van der Waals surface area (Å²) >= 11 is 0. The van der Waals surface area contributed by atoms with Crippen molar-refractivity contribution >= 4 is 23.1 Å². The molecule has 62 valence electrons. The van der Waals surface area contributed by atoms with Gasteiger partial charge in [0.05, 0.1) is 0 Å². The summed E-state index contributed by atoms with van der Waals surface area (Å²) in [6, 6.07) is 6.79. The van der Waals surface area contributed by atoms with Crippen LogP contribution in [0, 0.1) is 6.07 Å². The molecule has 0 aliphatic carbocycles. The van der Waals surface area contributed by atoms with E-state index in [9.17, 15) is 0 Å². The summed E-state index contributed by atoms with van der Waals surface area (Å²) in [5.41, 5.74) is 1.28. The molecule has 1 aromatic heterocycles. The maximum atomic E-state index is 4.19. The van der Waals surface area contributed by atoms with Crippen LogP contribution in [0.4, 0.5) is 0 Å². The van der Waals surface area contributed by atoms with E-state index in [1.165, 1.54) is 0 Å². The zero-order valence-electron chi connectivity index (χ0n) is 7.76. The number of nitrogens with zero attached hydrogens (tertiary/aromatic N) is 1. The van der Waals surface area contributed by atoms with Gasteiger partial charge >= 0.3 is 23.1 Å². The molecule has 12 heavy (non-hydrogen) atoms. The molecule has 0 bridgehead atoms. The zero-order chi connectivity index (χ0) is 7.61. The van der Waals surface area contributed by atoms with Crippen molar-refractivity contribution in [1.29, 1.82) is 0 Å². The SMILES string of the molecule is CC(C)(C)c1cc[c-]cn1.[Cl-].[Mg+2]. The van der Waals surface area contributed by atoms with Gasteiger partial charge in [-0.05, 0) is 11.1 Å². The predicted octanol–water partition coefficient (Wildman–Crippen LogP) is -1.20. The van der Waals surface area contributed by atoms with Crippen LogP contribution in [0.15, 0.2) is 18.3 Å². The summed E-state index contributed by atoms with van der Waals surface area (Å²) in [6.07, 6.45) is 1.71. The van der Waals surface area contributed by atoms with Gasteiger partial charge < -0.3 is 17.4 Å². The molecule has 1 heterocycles. The van der Waals surface area contributed by atoms with Crippen LogP contribution in [-0.4, -0.2) is 28.0 Å². The van der Waals surface area contributed by atoms with E-state index in [2.05, 4.69) is 31.8 Å². The molecule has 3 heteroatoms. The van der Waals surface area contributed by atoms with Crippen LogP contribution in [0.3, 0.4) is 0 Å². The van der Waals surface area contributed by atoms with Crippen LogP contribution in [0.25, 0.3) is 0 Å². The molecule has 0 N–H and O–H groups in total. The topological polar surface area (TPSA) is 12.9 Å². The van der Waals surface area contributed by atoms with Crippen LogP contribution in [0.1, 0.15) is 26.5 Å². The average Bonchev–Trinajstić information content (AvgIpc) is 1.88. The number of aromatic nitrogens is 1. The fraction of sp³-hybridized carbons (Fsp3) is 0.444. The smallest absolute Gasteiger partial charge is 1.00 e. The summed E-state index contributed by atoms with van der Waals surface area (Å²) in [5.74, 6) is 0. The van der Waals surface area contributed by atoms with Crippen LogP contribution in [0.5, 0.6) is 0 Å². The Bertz CT molecular complexity index is 206. The van der Waals surface area contributed by atoms with Crippen molar-refractivity contribution in [2.75, 3.05) is 0 Å². The van der Waals surface area contributed by atoms with Crippen molar-refractivity contribution in [3.8, 4) is 0 Å². The molecule has 0 aromatic carbocycles. The van der Waals surface area contributed by atoms with Gasteiger partial charge in [0.25, 0.3) is 0 Å². The normalized spacial score (nSPS) is 9.58. The van der Waals surface area contributed by atoms with Crippen molar-refractivity contribution in [2.45, 2.75) is 26.2 Å². The van der Waals surface area contributed by atoms with Crippen LogP contribution >= 0.6 is 0 Å². The summed E-state index contributed by atoms with van der Waals surface area (Å²) in [5, 5.41) is 0. The zero-order valence-corrected chi connectivity index (χ0v) is 9.93. The minimum atomic E-state index is 0. The van der Waals surface area contributed by atoms with Gasteiger partial charge in [-0.3, -0.25) is 0 Å². The van der Waals surface area contributed by atoms with E-state index >= 15 is 0 Å². The molecule has 0 spiro atoms. The molecule has 0 saturated carbocycles. The first-order valence-corrected chi connectivity index (χ1v) is 3.43. The second-order valence-electron chi connectivity index (χ2n) is 3.39. The van der Waals surface area contributed by atoms with E-state index in [-0.39, 0.29) is 40.9 Å². The molecule has 0 radical (unpaired) electrons. The van der Waals surface area contributed by atoms with E-state index in [1.54, 1.807) is 6.20 Å². The maximum Gasteiger partial charge on any atom is 2.00 e. The standard InChI is InChI=1S/C9H12N.ClH.Mg/c1-9(2,3)8-6-4-5-7-10-8;;/h4,6-7H,1-3H3;1H;/q-1;;+2/p-1. The predicted molar refractivity (Wildman–Crippen MR) is 47.5 cm³/mol. The molecule has 0 saturated heterocycles. The quantitative estimate of drug-likeness (QED) is 0.373. The van der Waals surface area contributed by atoms with E-state index in [0.29, 0.717) is 0 Å². The molecule has 1 rings (SSSR count). The van der Waals surface area contributed by atoms with Gasteiger partial charge in [0, 0.05) is 0 Å². The Morgan fingerprint density at radius 1 is 1.33 bits per heavy atom. The number of pyridine rings is 1. The minimum Gasteiger partial charge on any atom is -1.00 e. The number of halogens is 1.